The fourth-order valence-electron chi connectivity index (χ4n) is 3.54. The lowest BCUT2D eigenvalue weighted by Crippen LogP contribution is -2.31. The molecule has 4 rings (SSSR count). The van der Waals surface area contributed by atoms with Crippen molar-refractivity contribution in [2.45, 2.75) is 26.5 Å². The molecule has 9 heteroatoms. The normalized spacial score (nSPS) is 13.5. The summed E-state index contributed by atoms with van der Waals surface area (Å²) in [5.74, 6) is -1.02. The average molecular weight is 455 g/mol. The van der Waals surface area contributed by atoms with Gasteiger partial charge in [-0.3, -0.25) is 9.69 Å². The van der Waals surface area contributed by atoms with Gasteiger partial charge in [0.25, 0.3) is 0 Å². The first-order valence-corrected chi connectivity index (χ1v) is 10.3. The van der Waals surface area contributed by atoms with Crippen LogP contribution in [0.1, 0.15) is 34.0 Å². The molecule has 0 saturated carbocycles. The lowest BCUT2D eigenvalue weighted by molar-refractivity contribution is -0.125. The van der Waals surface area contributed by atoms with Crippen LogP contribution >= 0.6 is 11.6 Å². The largest absolute Gasteiger partial charge is 0.457 e. The Balaban J connectivity index is 1.58. The smallest absolute Gasteiger partial charge is 0.338 e. The minimum Gasteiger partial charge on any atom is -0.457 e. The van der Waals surface area contributed by atoms with Crippen LogP contribution in [0, 0.1) is 0 Å². The summed E-state index contributed by atoms with van der Waals surface area (Å²) in [6, 6.07) is 10.7. The molecule has 3 amide bonds. The summed E-state index contributed by atoms with van der Waals surface area (Å²) in [6.07, 6.45) is 0.673. The van der Waals surface area contributed by atoms with E-state index in [1.165, 1.54) is 6.07 Å². The fourth-order valence-corrected chi connectivity index (χ4v) is 3.84. The Bertz CT molecular complexity index is 1280. The Morgan fingerprint density at radius 2 is 1.91 bits per heavy atom. The van der Waals surface area contributed by atoms with Crippen LogP contribution in [0.5, 0.6) is 0 Å². The van der Waals surface area contributed by atoms with E-state index < -0.39 is 17.6 Å². The molecule has 0 radical (unpaired) electrons. The number of imide groups is 1. The van der Waals surface area contributed by atoms with Gasteiger partial charge in [-0.05, 0) is 35.7 Å². The van der Waals surface area contributed by atoms with Crippen LogP contribution in [0.15, 0.2) is 51.7 Å². The number of esters is 1. The molecule has 0 bridgehead atoms. The topological polar surface area (TPSA) is 106 Å². The van der Waals surface area contributed by atoms with E-state index in [0.717, 1.165) is 10.5 Å². The first-order valence-electron chi connectivity index (χ1n) is 9.95. The predicted molar refractivity (Wildman–Crippen MR) is 116 cm³/mol. The van der Waals surface area contributed by atoms with E-state index in [4.69, 9.17) is 20.8 Å². The molecule has 1 N–H and O–H groups in total. The quantitative estimate of drug-likeness (QED) is 0.347. The van der Waals surface area contributed by atoms with Crippen molar-refractivity contribution in [1.29, 1.82) is 0 Å². The van der Waals surface area contributed by atoms with Crippen molar-refractivity contribution in [2.24, 2.45) is 0 Å². The molecular formula is C23H19ClN2O6. The summed E-state index contributed by atoms with van der Waals surface area (Å²) in [5, 5.41) is 3.55. The van der Waals surface area contributed by atoms with E-state index in [-0.39, 0.29) is 31.2 Å². The van der Waals surface area contributed by atoms with Crippen molar-refractivity contribution >= 4 is 40.5 Å². The standard InChI is InChI=1S/C23H19ClN2O6/c1-2-13-7-19-17(9-18(13)24)15(8-21(28)32-19)12-31-22(29)16-6-4-3-5-14(16)11-26-20(27)10-25-23(26)30/h3-9H,2,10-12H2,1H3,(H,25,30). The minimum atomic E-state index is -0.648. The minimum absolute atomic E-state index is 0.0524. The van der Waals surface area contributed by atoms with Crippen molar-refractivity contribution < 1.29 is 23.5 Å². The summed E-state index contributed by atoms with van der Waals surface area (Å²) in [6.45, 7) is 1.63. The summed E-state index contributed by atoms with van der Waals surface area (Å²) in [4.78, 5) is 49.6. The molecule has 164 valence electrons. The molecule has 0 atom stereocenters. The van der Waals surface area contributed by atoms with Gasteiger partial charge < -0.3 is 14.5 Å². The fraction of sp³-hybridized carbons (Fsp3) is 0.217. The van der Waals surface area contributed by atoms with Crippen molar-refractivity contribution in [1.82, 2.24) is 10.2 Å². The molecule has 0 spiro atoms. The van der Waals surface area contributed by atoms with E-state index in [0.29, 0.717) is 33.5 Å². The van der Waals surface area contributed by atoms with Gasteiger partial charge in [-0.15, -0.1) is 0 Å². The van der Waals surface area contributed by atoms with Gasteiger partial charge in [0.2, 0.25) is 5.91 Å². The first kappa shape index (κ1) is 21.6. The van der Waals surface area contributed by atoms with Crippen LogP contribution in [-0.2, 0) is 29.1 Å². The third kappa shape index (κ3) is 4.22. The molecule has 8 nitrogen and oxygen atoms in total. The predicted octanol–water partition coefficient (Wildman–Crippen LogP) is 3.42. The van der Waals surface area contributed by atoms with Gasteiger partial charge in [0.05, 0.1) is 18.7 Å². The zero-order chi connectivity index (χ0) is 22.8. The van der Waals surface area contributed by atoms with Crippen molar-refractivity contribution in [3.05, 3.63) is 80.2 Å². The molecule has 1 aliphatic rings. The van der Waals surface area contributed by atoms with E-state index in [2.05, 4.69) is 5.32 Å². The van der Waals surface area contributed by atoms with Gasteiger partial charge in [-0.25, -0.2) is 14.4 Å². The number of amides is 3. The molecule has 1 aliphatic heterocycles. The average Bonchev–Trinajstić information content (AvgIpc) is 3.09. The monoisotopic (exact) mass is 454 g/mol. The number of aryl methyl sites for hydroxylation is 1. The molecule has 1 fully saturated rings. The van der Waals surface area contributed by atoms with Crippen LogP contribution in [0.4, 0.5) is 4.79 Å². The Labute approximate surface area is 187 Å². The molecule has 2 aromatic carbocycles. The summed E-state index contributed by atoms with van der Waals surface area (Å²) in [5.41, 5.74) is 1.79. The number of carbonyl (C=O) groups is 3. The number of fused-ring (bicyclic) bond motifs is 1. The molecule has 0 unspecified atom stereocenters. The maximum atomic E-state index is 12.8. The second-order valence-electron chi connectivity index (χ2n) is 7.26. The molecular weight excluding hydrogens is 436 g/mol. The summed E-state index contributed by atoms with van der Waals surface area (Å²) in [7, 11) is 0. The number of rotatable bonds is 6. The Morgan fingerprint density at radius 3 is 2.62 bits per heavy atom. The Morgan fingerprint density at radius 1 is 1.12 bits per heavy atom. The highest BCUT2D eigenvalue weighted by Crippen LogP contribution is 2.27. The van der Waals surface area contributed by atoms with E-state index in [9.17, 15) is 19.2 Å². The van der Waals surface area contributed by atoms with Crippen LogP contribution < -0.4 is 10.9 Å². The van der Waals surface area contributed by atoms with Crippen LogP contribution in [0.3, 0.4) is 0 Å². The number of urea groups is 1. The van der Waals surface area contributed by atoms with Crippen LogP contribution in [0.25, 0.3) is 11.0 Å². The third-order valence-electron chi connectivity index (χ3n) is 5.24. The van der Waals surface area contributed by atoms with Crippen LogP contribution in [-0.4, -0.2) is 29.4 Å². The maximum absolute atomic E-state index is 12.8. The first-order chi connectivity index (χ1) is 15.4. The summed E-state index contributed by atoms with van der Waals surface area (Å²) >= 11 is 6.31. The van der Waals surface area contributed by atoms with Gasteiger partial charge in [-0.2, -0.15) is 0 Å². The number of carbonyl (C=O) groups excluding carboxylic acids is 3. The zero-order valence-corrected chi connectivity index (χ0v) is 17.9. The van der Waals surface area contributed by atoms with E-state index >= 15 is 0 Å². The van der Waals surface area contributed by atoms with Crippen molar-refractivity contribution in [3.8, 4) is 0 Å². The Hall–Kier alpha value is -3.65. The molecule has 32 heavy (non-hydrogen) atoms. The molecule has 0 aliphatic carbocycles. The van der Waals surface area contributed by atoms with Gasteiger partial charge >= 0.3 is 17.6 Å². The number of nitrogens with zero attached hydrogens (tertiary/aromatic N) is 1. The Kier molecular flexibility index (Phi) is 5.96. The van der Waals surface area contributed by atoms with Crippen molar-refractivity contribution in [3.63, 3.8) is 0 Å². The number of benzene rings is 2. The lowest BCUT2D eigenvalue weighted by atomic mass is 10.1. The second-order valence-corrected chi connectivity index (χ2v) is 7.66. The third-order valence-corrected chi connectivity index (χ3v) is 5.59. The highest BCUT2D eigenvalue weighted by molar-refractivity contribution is 6.32. The van der Waals surface area contributed by atoms with Gasteiger partial charge in [0.1, 0.15) is 12.2 Å². The van der Waals surface area contributed by atoms with Crippen LogP contribution in [0.2, 0.25) is 5.02 Å². The second kappa shape index (κ2) is 8.84. The number of nitrogens with one attached hydrogen (secondary N) is 1. The molecule has 3 aromatic rings. The van der Waals surface area contributed by atoms with E-state index in [1.54, 1.807) is 36.4 Å². The van der Waals surface area contributed by atoms with Gasteiger partial charge in [0, 0.05) is 22.0 Å². The SMILES string of the molecule is CCc1cc2oc(=O)cc(COC(=O)c3ccccc3CN3C(=O)CNC3=O)c2cc1Cl. The number of halogens is 1. The van der Waals surface area contributed by atoms with Gasteiger partial charge in [-0.1, -0.05) is 36.7 Å². The number of hydrogen-bond donors (Lipinski definition) is 1. The van der Waals surface area contributed by atoms with E-state index in [1.807, 2.05) is 6.92 Å². The number of ether oxygens (including phenoxy) is 1. The maximum Gasteiger partial charge on any atom is 0.338 e. The molecule has 1 saturated heterocycles. The molecule has 1 aromatic heterocycles. The highest BCUT2D eigenvalue weighted by atomic mass is 35.5. The zero-order valence-electron chi connectivity index (χ0n) is 17.1. The number of hydrogen-bond acceptors (Lipinski definition) is 6. The lowest BCUT2D eigenvalue weighted by Gasteiger charge is -2.15. The molecule has 2 heterocycles. The van der Waals surface area contributed by atoms with Gasteiger partial charge in [0.15, 0.2) is 0 Å². The highest BCUT2D eigenvalue weighted by Gasteiger charge is 2.29. The summed E-state index contributed by atoms with van der Waals surface area (Å²) < 4.78 is 10.7. The van der Waals surface area contributed by atoms with Crippen molar-refractivity contribution in [2.75, 3.05) is 6.54 Å².